The summed E-state index contributed by atoms with van der Waals surface area (Å²) >= 11 is 0. The van der Waals surface area contributed by atoms with Crippen molar-refractivity contribution in [3.8, 4) is 0 Å². The lowest BCUT2D eigenvalue weighted by Crippen LogP contribution is -2.49. The predicted molar refractivity (Wildman–Crippen MR) is 123 cm³/mol. The molecular weight excluding hydrogens is 389 g/mol. The highest BCUT2D eigenvalue weighted by Crippen LogP contribution is 2.29. The minimum atomic E-state index is -0.248. The molecule has 4 rings (SSSR count). The van der Waals surface area contributed by atoms with Gasteiger partial charge in [0.1, 0.15) is 18.6 Å². The van der Waals surface area contributed by atoms with Crippen LogP contribution in [0.4, 0.5) is 4.39 Å². The van der Waals surface area contributed by atoms with E-state index in [1.54, 1.807) is 19.2 Å². The van der Waals surface area contributed by atoms with E-state index in [9.17, 15) is 4.39 Å². The van der Waals surface area contributed by atoms with Crippen molar-refractivity contribution in [2.75, 3.05) is 39.8 Å². The molecule has 0 bridgehead atoms. The van der Waals surface area contributed by atoms with Crippen LogP contribution in [0.5, 0.6) is 0 Å². The van der Waals surface area contributed by atoms with Gasteiger partial charge in [0.2, 0.25) is 0 Å². The van der Waals surface area contributed by atoms with Gasteiger partial charge in [0.25, 0.3) is 0 Å². The van der Waals surface area contributed by atoms with Crippen LogP contribution in [0.15, 0.2) is 90.1 Å². The fraction of sp³-hybridized carbons (Fsp3) is 0.269. The van der Waals surface area contributed by atoms with Crippen molar-refractivity contribution in [3.63, 3.8) is 0 Å². The van der Waals surface area contributed by atoms with E-state index in [0.29, 0.717) is 6.54 Å². The quantitative estimate of drug-likeness (QED) is 0.416. The second kappa shape index (κ2) is 10.3. The molecule has 31 heavy (non-hydrogen) atoms. The first-order valence-corrected chi connectivity index (χ1v) is 10.7. The van der Waals surface area contributed by atoms with Gasteiger partial charge in [-0.2, -0.15) is 0 Å². The molecule has 0 spiro atoms. The SMILES string of the molecule is CO/N=C(\CN1CCN(C(c2ccccc2)c2ccccc2)CC1)c1ccc(F)cc1. The van der Waals surface area contributed by atoms with Crippen LogP contribution < -0.4 is 0 Å². The van der Waals surface area contributed by atoms with Crippen LogP contribution in [0.3, 0.4) is 0 Å². The van der Waals surface area contributed by atoms with Crippen LogP contribution in [0.25, 0.3) is 0 Å². The van der Waals surface area contributed by atoms with Crippen molar-refractivity contribution in [1.29, 1.82) is 0 Å². The minimum absolute atomic E-state index is 0.244. The van der Waals surface area contributed by atoms with E-state index < -0.39 is 0 Å². The lowest BCUT2D eigenvalue weighted by Gasteiger charge is -2.39. The molecule has 4 nitrogen and oxygen atoms in total. The molecule has 3 aromatic carbocycles. The Morgan fingerprint density at radius 3 is 1.90 bits per heavy atom. The lowest BCUT2D eigenvalue weighted by molar-refractivity contribution is 0.119. The predicted octanol–water partition coefficient (Wildman–Crippen LogP) is 4.58. The first-order chi connectivity index (χ1) is 15.2. The molecule has 1 fully saturated rings. The molecule has 0 aliphatic carbocycles. The van der Waals surface area contributed by atoms with Gasteiger partial charge in [-0.15, -0.1) is 0 Å². The fourth-order valence-corrected chi connectivity index (χ4v) is 4.20. The van der Waals surface area contributed by atoms with E-state index in [1.807, 2.05) is 0 Å². The van der Waals surface area contributed by atoms with Crippen LogP contribution >= 0.6 is 0 Å². The minimum Gasteiger partial charge on any atom is -0.399 e. The average molecular weight is 418 g/mol. The second-order valence-electron chi connectivity index (χ2n) is 7.76. The van der Waals surface area contributed by atoms with Crippen LogP contribution in [0.2, 0.25) is 0 Å². The third kappa shape index (κ3) is 5.37. The van der Waals surface area contributed by atoms with Crippen molar-refractivity contribution >= 4 is 5.71 Å². The number of rotatable bonds is 7. The number of benzene rings is 3. The van der Waals surface area contributed by atoms with Crippen LogP contribution in [-0.4, -0.2) is 55.3 Å². The Hall–Kier alpha value is -3.02. The molecule has 1 saturated heterocycles. The monoisotopic (exact) mass is 417 g/mol. The van der Waals surface area contributed by atoms with Gasteiger partial charge < -0.3 is 4.84 Å². The molecule has 0 unspecified atom stereocenters. The van der Waals surface area contributed by atoms with Gasteiger partial charge >= 0.3 is 0 Å². The third-order valence-corrected chi connectivity index (χ3v) is 5.75. The van der Waals surface area contributed by atoms with Gasteiger partial charge in [-0.05, 0) is 23.3 Å². The smallest absolute Gasteiger partial charge is 0.123 e. The highest BCUT2D eigenvalue weighted by molar-refractivity contribution is 6.01. The zero-order valence-corrected chi connectivity index (χ0v) is 17.8. The number of hydrogen-bond acceptors (Lipinski definition) is 4. The summed E-state index contributed by atoms with van der Waals surface area (Å²) in [4.78, 5) is 9.99. The molecule has 0 atom stereocenters. The first kappa shape index (κ1) is 21.2. The largest absolute Gasteiger partial charge is 0.399 e. The van der Waals surface area contributed by atoms with Crippen LogP contribution in [-0.2, 0) is 4.84 Å². The summed E-state index contributed by atoms with van der Waals surface area (Å²) < 4.78 is 13.3. The number of hydrogen-bond donors (Lipinski definition) is 0. The Bertz CT molecular complexity index is 929. The zero-order chi connectivity index (χ0) is 21.5. The normalized spacial score (nSPS) is 15.9. The lowest BCUT2D eigenvalue weighted by atomic mass is 9.96. The average Bonchev–Trinajstić information content (AvgIpc) is 2.82. The summed E-state index contributed by atoms with van der Waals surface area (Å²) in [5.74, 6) is -0.248. The van der Waals surface area contributed by atoms with Crippen molar-refractivity contribution in [2.45, 2.75) is 6.04 Å². The molecule has 0 saturated carbocycles. The molecule has 0 N–H and O–H groups in total. The molecule has 1 aliphatic rings. The number of piperazine rings is 1. The van der Waals surface area contributed by atoms with Crippen LogP contribution in [0, 0.1) is 5.82 Å². The molecule has 160 valence electrons. The van der Waals surface area contributed by atoms with Crippen molar-refractivity contribution in [2.24, 2.45) is 5.16 Å². The molecule has 3 aromatic rings. The third-order valence-electron chi connectivity index (χ3n) is 5.75. The van der Waals surface area contributed by atoms with Crippen molar-refractivity contribution in [3.05, 3.63) is 107 Å². The first-order valence-electron chi connectivity index (χ1n) is 10.7. The molecule has 0 aromatic heterocycles. The summed E-state index contributed by atoms with van der Waals surface area (Å²) in [5.41, 5.74) is 4.33. The maximum absolute atomic E-state index is 13.3. The molecule has 1 aliphatic heterocycles. The molecule has 1 heterocycles. The summed E-state index contributed by atoms with van der Waals surface area (Å²) in [5, 5.41) is 4.21. The maximum Gasteiger partial charge on any atom is 0.123 e. The number of oxime groups is 1. The Kier molecular flexibility index (Phi) is 7.07. The van der Waals surface area contributed by atoms with Gasteiger partial charge in [-0.25, -0.2) is 4.39 Å². The molecule has 5 heteroatoms. The number of nitrogens with zero attached hydrogens (tertiary/aromatic N) is 3. The van der Waals surface area contributed by atoms with E-state index >= 15 is 0 Å². The highest BCUT2D eigenvalue weighted by Gasteiger charge is 2.27. The van der Waals surface area contributed by atoms with Gasteiger partial charge in [0.05, 0.1) is 6.04 Å². The van der Waals surface area contributed by atoms with E-state index in [0.717, 1.165) is 37.5 Å². The number of halogens is 1. The van der Waals surface area contributed by atoms with Gasteiger partial charge in [-0.3, -0.25) is 9.80 Å². The maximum atomic E-state index is 13.3. The summed E-state index contributed by atoms with van der Waals surface area (Å²) in [7, 11) is 1.55. The van der Waals surface area contributed by atoms with E-state index in [-0.39, 0.29) is 11.9 Å². The summed E-state index contributed by atoms with van der Waals surface area (Å²) in [6.45, 7) is 4.45. The molecular formula is C26H28FN3O. The Morgan fingerprint density at radius 2 is 1.39 bits per heavy atom. The van der Waals surface area contributed by atoms with Gasteiger partial charge in [-0.1, -0.05) is 78.0 Å². The topological polar surface area (TPSA) is 28.1 Å². The van der Waals surface area contributed by atoms with Crippen molar-refractivity contribution < 1.29 is 9.23 Å². The Labute approximate surface area is 183 Å². The van der Waals surface area contributed by atoms with Crippen LogP contribution in [0.1, 0.15) is 22.7 Å². The van der Waals surface area contributed by atoms with E-state index in [2.05, 4.69) is 75.6 Å². The van der Waals surface area contributed by atoms with E-state index in [1.165, 1.54) is 23.3 Å². The van der Waals surface area contributed by atoms with Gasteiger partial charge in [0, 0.05) is 38.3 Å². The summed E-state index contributed by atoms with van der Waals surface area (Å²) in [6, 6.07) is 28.1. The van der Waals surface area contributed by atoms with Gasteiger partial charge in [0.15, 0.2) is 0 Å². The fourth-order valence-electron chi connectivity index (χ4n) is 4.20. The van der Waals surface area contributed by atoms with Crippen molar-refractivity contribution in [1.82, 2.24) is 9.80 Å². The summed E-state index contributed by atoms with van der Waals surface area (Å²) in [6.07, 6.45) is 0. The Morgan fingerprint density at radius 1 is 0.839 bits per heavy atom. The molecule has 0 amide bonds. The van der Waals surface area contributed by atoms with E-state index in [4.69, 9.17) is 4.84 Å². The second-order valence-corrected chi connectivity index (χ2v) is 7.76. The molecule has 0 radical (unpaired) electrons. The zero-order valence-electron chi connectivity index (χ0n) is 17.8. The Balaban J connectivity index is 1.46. The standard InChI is InChI=1S/C26H28FN3O/c1-31-28-25(21-12-14-24(27)15-13-21)20-29-16-18-30(19-17-29)26(22-8-4-2-5-9-22)23-10-6-3-7-11-23/h2-15,26H,16-20H2,1H3/b28-25+. The highest BCUT2D eigenvalue weighted by atomic mass is 19.1.